The monoisotopic (exact) mass is 164 g/mol. The number of carbonyl (C=O) groups is 1. The van der Waals surface area contributed by atoms with Gasteiger partial charge in [0.25, 0.3) is 0 Å². The predicted molar refractivity (Wildman–Crippen MR) is 38.6 cm³/mol. The molecule has 60 valence electrons. The minimum atomic E-state index is -0.626. The van der Waals surface area contributed by atoms with Crippen molar-refractivity contribution in [1.29, 1.82) is 0 Å². The maximum atomic E-state index is 10.9. The average Bonchev–Trinajstić information content (AvgIpc) is 2.41. The van der Waals surface area contributed by atoms with Gasteiger partial charge in [0, 0.05) is 0 Å². The van der Waals surface area contributed by atoms with E-state index in [4.69, 9.17) is 5.11 Å². The molecule has 0 fully saturated rings. The second-order valence-electron chi connectivity index (χ2n) is 2.33. The maximum Gasteiger partial charge on any atom is 0.301 e. The number of nitrogens with zero attached hydrogens (tertiary/aromatic N) is 2. The number of carbonyl (C=O) groups excluding carboxylic acids is 1. The SMILES string of the molecule is O=C1N=Nc2ccc(O)c(O)c21. The number of hydrogen-bond acceptors (Lipinski definition) is 4. The lowest BCUT2D eigenvalue weighted by molar-refractivity contribution is 0.0999. The molecule has 1 aliphatic rings. The highest BCUT2D eigenvalue weighted by Crippen LogP contribution is 2.39. The lowest BCUT2D eigenvalue weighted by atomic mass is 10.1. The first-order valence-corrected chi connectivity index (χ1v) is 3.21. The van der Waals surface area contributed by atoms with Gasteiger partial charge in [-0.05, 0) is 12.1 Å². The highest BCUT2D eigenvalue weighted by Gasteiger charge is 2.23. The van der Waals surface area contributed by atoms with Crippen molar-refractivity contribution in [3.8, 4) is 11.5 Å². The van der Waals surface area contributed by atoms with Crippen LogP contribution in [-0.4, -0.2) is 16.1 Å². The van der Waals surface area contributed by atoms with Gasteiger partial charge in [0.15, 0.2) is 11.5 Å². The third-order valence-corrected chi connectivity index (χ3v) is 1.60. The molecule has 12 heavy (non-hydrogen) atoms. The van der Waals surface area contributed by atoms with Crippen molar-refractivity contribution in [2.75, 3.05) is 0 Å². The predicted octanol–water partition coefficient (Wildman–Crippen LogP) is 1.34. The van der Waals surface area contributed by atoms with E-state index < -0.39 is 11.7 Å². The third kappa shape index (κ3) is 0.701. The molecule has 0 spiro atoms. The molecule has 0 aliphatic carbocycles. The summed E-state index contributed by atoms with van der Waals surface area (Å²) in [6.07, 6.45) is 0. The van der Waals surface area contributed by atoms with Crippen molar-refractivity contribution in [1.82, 2.24) is 0 Å². The highest BCUT2D eigenvalue weighted by molar-refractivity contribution is 6.05. The molecule has 5 heteroatoms. The van der Waals surface area contributed by atoms with Gasteiger partial charge < -0.3 is 10.2 Å². The number of rotatable bonds is 0. The van der Waals surface area contributed by atoms with E-state index in [1.165, 1.54) is 12.1 Å². The van der Waals surface area contributed by atoms with E-state index >= 15 is 0 Å². The van der Waals surface area contributed by atoms with Crippen LogP contribution in [0.15, 0.2) is 22.4 Å². The molecule has 1 amide bonds. The average molecular weight is 164 g/mol. The van der Waals surface area contributed by atoms with Crippen molar-refractivity contribution in [3.63, 3.8) is 0 Å². The number of aromatic hydroxyl groups is 2. The largest absolute Gasteiger partial charge is 0.504 e. The number of phenolic OH excluding ortho intramolecular Hbond substituents is 2. The quantitative estimate of drug-likeness (QED) is 0.567. The van der Waals surface area contributed by atoms with Crippen LogP contribution in [-0.2, 0) is 0 Å². The molecular weight excluding hydrogens is 160 g/mol. The zero-order valence-corrected chi connectivity index (χ0v) is 5.85. The molecule has 0 atom stereocenters. The van der Waals surface area contributed by atoms with Gasteiger partial charge in [0.1, 0.15) is 11.3 Å². The van der Waals surface area contributed by atoms with Crippen molar-refractivity contribution >= 4 is 11.6 Å². The molecule has 1 aliphatic heterocycles. The summed E-state index contributed by atoms with van der Waals surface area (Å²) in [7, 11) is 0. The summed E-state index contributed by atoms with van der Waals surface area (Å²) < 4.78 is 0. The van der Waals surface area contributed by atoms with Crippen molar-refractivity contribution < 1.29 is 15.0 Å². The van der Waals surface area contributed by atoms with Crippen LogP contribution in [0.25, 0.3) is 0 Å². The van der Waals surface area contributed by atoms with E-state index in [0.29, 0.717) is 0 Å². The fraction of sp³-hybridized carbons (Fsp3) is 0. The normalized spacial score (nSPS) is 13.5. The molecule has 1 heterocycles. The van der Waals surface area contributed by atoms with Gasteiger partial charge in [0.05, 0.1) is 0 Å². The van der Waals surface area contributed by atoms with Gasteiger partial charge >= 0.3 is 5.91 Å². The van der Waals surface area contributed by atoms with Gasteiger partial charge in [-0.2, -0.15) is 0 Å². The Labute approximate surface area is 67.0 Å². The van der Waals surface area contributed by atoms with Crippen LogP contribution in [0.5, 0.6) is 11.5 Å². The Morgan fingerprint density at radius 3 is 2.67 bits per heavy atom. The van der Waals surface area contributed by atoms with Crippen LogP contribution in [0.2, 0.25) is 0 Å². The first-order valence-electron chi connectivity index (χ1n) is 3.21. The Kier molecular flexibility index (Phi) is 1.15. The molecule has 2 rings (SSSR count). The standard InChI is InChI=1S/C7H4N2O3/c10-4-2-1-3-5(6(4)11)7(12)9-8-3/h1-2,10-11H. The van der Waals surface area contributed by atoms with Gasteiger partial charge in [0.2, 0.25) is 0 Å². The summed E-state index contributed by atoms with van der Waals surface area (Å²) in [5, 5.41) is 24.9. The summed E-state index contributed by atoms with van der Waals surface area (Å²) in [5.74, 6) is -1.42. The lowest BCUT2D eigenvalue weighted by Gasteiger charge is -1.99. The molecule has 0 saturated heterocycles. The summed E-state index contributed by atoms with van der Waals surface area (Å²) in [6.45, 7) is 0. The molecule has 1 aromatic rings. The zero-order valence-electron chi connectivity index (χ0n) is 5.85. The van der Waals surface area contributed by atoms with Crippen LogP contribution in [0.4, 0.5) is 5.69 Å². The second kappa shape index (κ2) is 2.04. The molecule has 0 unspecified atom stereocenters. The molecular formula is C7H4N2O3. The summed E-state index contributed by atoms with van der Waals surface area (Å²) >= 11 is 0. The molecule has 0 aromatic heterocycles. The molecule has 0 bridgehead atoms. The van der Waals surface area contributed by atoms with Crippen LogP contribution >= 0.6 is 0 Å². The lowest BCUT2D eigenvalue weighted by Crippen LogP contribution is -1.89. The summed E-state index contributed by atoms with van der Waals surface area (Å²) in [5.41, 5.74) is 0.255. The Balaban J connectivity index is 2.76. The van der Waals surface area contributed by atoms with Crippen molar-refractivity contribution in [2.45, 2.75) is 0 Å². The van der Waals surface area contributed by atoms with E-state index in [0.717, 1.165) is 0 Å². The molecule has 5 nitrogen and oxygen atoms in total. The van der Waals surface area contributed by atoms with E-state index in [1.807, 2.05) is 0 Å². The van der Waals surface area contributed by atoms with Gasteiger partial charge in [-0.15, -0.1) is 10.2 Å². The Morgan fingerprint density at radius 2 is 1.92 bits per heavy atom. The van der Waals surface area contributed by atoms with E-state index in [1.54, 1.807) is 0 Å². The Morgan fingerprint density at radius 1 is 1.17 bits per heavy atom. The van der Waals surface area contributed by atoms with E-state index in [-0.39, 0.29) is 17.0 Å². The summed E-state index contributed by atoms with van der Waals surface area (Å²) in [6, 6.07) is 2.67. The summed E-state index contributed by atoms with van der Waals surface area (Å²) in [4.78, 5) is 10.9. The van der Waals surface area contributed by atoms with Crippen molar-refractivity contribution in [3.05, 3.63) is 17.7 Å². The van der Waals surface area contributed by atoms with Gasteiger partial charge in [-0.1, -0.05) is 0 Å². The van der Waals surface area contributed by atoms with Crippen LogP contribution in [0.3, 0.4) is 0 Å². The highest BCUT2D eigenvalue weighted by atomic mass is 16.3. The third-order valence-electron chi connectivity index (χ3n) is 1.60. The minimum absolute atomic E-state index is 0.0324. The van der Waals surface area contributed by atoms with Gasteiger partial charge in [-0.25, -0.2) is 0 Å². The Bertz CT molecular complexity index is 398. The number of azo groups is 1. The molecule has 1 aromatic carbocycles. The molecule has 0 saturated carbocycles. The zero-order chi connectivity index (χ0) is 8.72. The van der Waals surface area contributed by atoms with Gasteiger partial charge in [-0.3, -0.25) is 4.79 Å². The molecule has 2 N–H and O–H groups in total. The fourth-order valence-electron chi connectivity index (χ4n) is 1.01. The maximum absolute atomic E-state index is 10.9. The number of phenols is 2. The fourth-order valence-corrected chi connectivity index (χ4v) is 1.01. The first-order chi connectivity index (χ1) is 5.70. The molecule has 0 radical (unpaired) electrons. The van der Waals surface area contributed by atoms with Crippen molar-refractivity contribution in [2.24, 2.45) is 10.2 Å². The number of benzene rings is 1. The minimum Gasteiger partial charge on any atom is -0.504 e. The van der Waals surface area contributed by atoms with Crippen LogP contribution in [0, 0.1) is 0 Å². The smallest absolute Gasteiger partial charge is 0.301 e. The van der Waals surface area contributed by atoms with Crippen LogP contribution < -0.4 is 0 Å². The van der Waals surface area contributed by atoms with E-state index in [9.17, 15) is 9.90 Å². The second-order valence-corrected chi connectivity index (χ2v) is 2.33. The number of fused-ring (bicyclic) bond motifs is 1. The number of amides is 1. The topological polar surface area (TPSA) is 82.2 Å². The van der Waals surface area contributed by atoms with E-state index in [2.05, 4.69) is 10.2 Å². The van der Waals surface area contributed by atoms with Crippen LogP contribution in [0.1, 0.15) is 10.4 Å². The number of hydrogen-bond donors (Lipinski definition) is 2. The first kappa shape index (κ1) is 6.78. The Hall–Kier alpha value is -1.91.